The Bertz CT molecular complexity index is 1340. The van der Waals surface area contributed by atoms with Crippen LogP contribution in [-0.4, -0.2) is 16.1 Å². The molecular formula is C23H18N2O2. The molecule has 1 aromatic heterocycles. The van der Waals surface area contributed by atoms with Crippen LogP contribution in [0.3, 0.4) is 0 Å². The highest BCUT2D eigenvalue weighted by atomic mass is 16.5. The number of benzene rings is 2. The van der Waals surface area contributed by atoms with Gasteiger partial charge in [-0.25, -0.2) is 0 Å². The minimum Gasteiger partial charge on any atom is -0.497 e. The third kappa shape index (κ3) is 2.27. The number of aromatic nitrogens is 2. The Labute approximate surface area is 156 Å². The van der Waals surface area contributed by atoms with E-state index < -0.39 is 0 Å². The van der Waals surface area contributed by atoms with Gasteiger partial charge in [0.2, 0.25) is 0 Å². The van der Waals surface area contributed by atoms with Crippen LogP contribution in [-0.2, 0) is 0 Å². The number of ether oxygens (including phenoxy) is 1. The van der Waals surface area contributed by atoms with E-state index in [4.69, 9.17) is 4.74 Å². The smallest absolute Gasteiger partial charge is 0.263 e. The maximum atomic E-state index is 13.1. The second-order valence-corrected chi connectivity index (χ2v) is 6.78. The molecule has 3 aromatic rings. The van der Waals surface area contributed by atoms with Crippen LogP contribution in [0.15, 0.2) is 77.9 Å². The lowest BCUT2D eigenvalue weighted by Gasteiger charge is -2.17. The van der Waals surface area contributed by atoms with Crippen molar-refractivity contribution in [3.63, 3.8) is 0 Å². The van der Waals surface area contributed by atoms with Gasteiger partial charge in [-0.05, 0) is 43.3 Å². The molecule has 27 heavy (non-hydrogen) atoms. The fourth-order valence-corrected chi connectivity index (χ4v) is 3.84. The quantitative estimate of drug-likeness (QED) is 0.462. The van der Waals surface area contributed by atoms with Crippen molar-refractivity contribution in [1.82, 2.24) is 8.97 Å². The molecule has 0 aliphatic carbocycles. The Morgan fingerprint density at radius 3 is 2.63 bits per heavy atom. The van der Waals surface area contributed by atoms with Gasteiger partial charge in [0.25, 0.3) is 5.56 Å². The van der Waals surface area contributed by atoms with Gasteiger partial charge >= 0.3 is 0 Å². The van der Waals surface area contributed by atoms with Gasteiger partial charge in [0, 0.05) is 23.3 Å². The van der Waals surface area contributed by atoms with Crippen molar-refractivity contribution in [2.24, 2.45) is 0 Å². The van der Waals surface area contributed by atoms with Crippen LogP contribution >= 0.6 is 0 Å². The first kappa shape index (κ1) is 15.7. The van der Waals surface area contributed by atoms with Crippen molar-refractivity contribution < 1.29 is 4.74 Å². The first-order valence-electron chi connectivity index (χ1n) is 8.86. The second kappa shape index (κ2) is 5.74. The standard InChI is InChI=1S/C23H18N2O2/c1-15-6-5-7-16(12-15)21-22-19-10-9-18(27-2)13-20(19)23(26)25(22)14-17-8-3-4-11-24(17)21/h3-14H,1-2H3. The Kier molecular flexibility index (Phi) is 3.34. The van der Waals surface area contributed by atoms with Crippen LogP contribution in [0.1, 0.15) is 5.56 Å². The summed E-state index contributed by atoms with van der Waals surface area (Å²) in [6.45, 7) is 2.08. The Hall–Kier alpha value is -3.53. The zero-order valence-electron chi connectivity index (χ0n) is 15.1. The van der Waals surface area contributed by atoms with Gasteiger partial charge in [-0.1, -0.05) is 29.8 Å². The van der Waals surface area contributed by atoms with Crippen LogP contribution in [0.25, 0.3) is 33.2 Å². The molecule has 0 N–H and O–H groups in total. The molecule has 0 atom stereocenters. The van der Waals surface area contributed by atoms with Gasteiger partial charge in [-0.3, -0.25) is 9.36 Å². The van der Waals surface area contributed by atoms with E-state index in [2.05, 4.69) is 35.6 Å². The van der Waals surface area contributed by atoms with Crippen LogP contribution in [0.4, 0.5) is 0 Å². The summed E-state index contributed by atoms with van der Waals surface area (Å²) in [5, 5.41) is 1.59. The van der Waals surface area contributed by atoms with E-state index in [0.29, 0.717) is 11.1 Å². The lowest BCUT2D eigenvalue weighted by Crippen LogP contribution is -2.14. The van der Waals surface area contributed by atoms with E-state index in [1.807, 2.05) is 48.8 Å². The van der Waals surface area contributed by atoms with E-state index in [1.165, 1.54) is 5.56 Å². The fourth-order valence-electron chi connectivity index (χ4n) is 3.84. The number of rotatable bonds is 2. The SMILES string of the molecule is COc1ccc2c3c(-c4cccc(C)c4)n4ccccc4cn-3c(=O)c2c1. The monoisotopic (exact) mass is 354 g/mol. The molecule has 0 fully saturated rings. The summed E-state index contributed by atoms with van der Waals surface area (Å²) in [4.78, 5) is 13.1. The fraction of sp³-hybridized carbons (Fsp3) is 0.0870. The largest absolute Gasteiger partial charge is 0.497 e. The van der Waals surface area contributed by atoms with Gasteiger partial charge < -0.3 is 9.14 Å². The average Bonchev–Trinajstić information content (AvgIpc) is 2.97. The molecule has 0 unspecified atom stereocenters. The van der Waals surface area contributed by atoms with E-state index in [0.717, 1.165) is 27.8 Å². The average molecular weight is 354 g/mol. The first-order chi connectivity index (χ1) is 13.2. The van der Waals surface area contributed by atoms with Gasteiger partial charge in [-0.15, -0.1) is 0 Å². The highest BCUT2D eigenvalue weighted by molar-refractivity contribution is 5.98. The maximum Gasteiger partial charge on any atom is 0.263 e. The molecule has 0 amide bonds. The van der Waals surface area contributed by atoms with Crippen molar-refractivity contribution in [2.75, 3.05) is 7.11 Å². The van der Waals surface area contributed by atoms with Gasteiger partial charge in [0.05, 0.1) is 29.4 Å². The summed E-state index contributed by atoms with van der Waals surface area (Å²) >= 11 is 0. The zero-order chi connectivity index (χ0) is 18.5. The third-order valence-electron chi connectivity index (χ3n) is 5.08. The molecule has 0 spiro atoms. The summed E-state index contributed by atoms with van der Waals surface area (Å²) in [5.41, 5.74) is 5.11. The highest BCUT2D eigenvalue weighted by Crippen LogP contribution is 2.35. The second-order valence-electron chi connectivity index (χ2n) is 6.78. The normalized spacial score (nSPS) is 11.5. The number of pyridine rings is 1. The topological polar surface area (TPSA) is 35.6 Å². The molecule has 3 heterocycles. The molecule has 2 aliphatic heterocycles. The van der Waals surface area contributed by atoms with Gasteiger partial charge in [0.15, 0.2) is 0 Å². The lowest BCUT2D eigenvalue weighted by molar-refractivity contribution is 0.415. The molecule has 0 bridgehead atoms. The summed E-state index contributed by atoms with van der Waals surface area (Å²) in [5.74, 6) is 0.685. The molecule has 4 heteroatoms. The lowest BCUT2D eigenvalue weighted by atomic mass is 10.0. The van der Waals surface area contributed by atoms with Crippen LogP contribution in [0.5, 0.6) is 5.75 Å². The Balaban J connectivity index is 2.04. The number of aryl methyl sites for hydroxylation is 1. The number of methoxy groups -OCH3 is 1. The number of nitrogens with zero attached hydrogens (tertiary/aromatic N) is 2. The van der Waals surface area contributed by atoms with Crippen molar-refractivity contribution in [3.05, 3.63) is 89.0 Å². The minimum absolute atomic E-state index is 0.0286. The predicted octanol–water partition coefficient (Wildman–Crippen LogP) is 4.67. The Morgan fingerprint density at radius 1 is 0.926 bits per heavy atom. The molecule has 5 rings (SSSR count). The summed E-state index contributed by atoms with van der Waals surface area (Å²) < 4.78 is 9.24. The number of hydrogen-bond acceptors (Lipinski definition) is 2. The third-order valence-corrected chi connectivity index (χ3v) is 5.08. The molecule has 4 nitrogen and oxygen atoms in total. The van der Waals surface area contributed by atoms with Crippen molar-refractivity contribution in [2.45, 2.75) is 6.92 Å². The highest BCUT2D eigenvalue weighted by Gasteiger charge is 2.22. The Morgan fingerprint density at radius 2 is 1.81 bits per heavy atom. The zero-order valence-corrected chi connectivity index (χ0v) is 15.1. The van der Waals surface area contributed by atoms with Crippen molar-refractivity contribution in [1.29, 1.82) is 0 Å². The maximum absolute atomic E-state index is 13.1. The molecule has 0 saturated carbocycles. The van der Waals surface area contributed by atoms with Crippen LogP contribution in [0.2, 0.25) is 0 Å². The summed E-state index contributed by atoms with van der Waals surface area (Å²) in [6.07, 6.45) is 3.95. The molecule has 0 saturated heterocycles. The molecule has 2 aliphatic rings. The number of fused-ring (bicyclic) bond motifs is 4. The molecule has 2 aromatic carbocycles. The van der Waals surface area contributed by atoms with E-state index >= 15 is 0 Å². The van der Waals surface area contributed by atoms with E-state index in [1.54, 1.807) is 11.7 Å². The van der Waals surface area contributed by atoms with E-state index in [-0.39, 0.29) is 5.56 Å². The van der Waals surface area contributed by atoms with Gasteiger partial charge in [0.1, 0.15) is 5.75 Å². The van der Waals surface area contributed by atoms with Crippen molar-refractivity contribution in [3.8, 4) is 22.7 Å². The predicted molar refractivity (Wildman–Crippen MR) is 108 cm³/mol. The minimum atomic E-state index is -0.0286. The van der Waals surface area contributed by atoms with Crippen molar-refractivity contribution >= 4 is 16.3 Å². The summed E-state index contributed by atoms with van der Waals surface area (Å²) in [6, 6.07) is 20.1. The molecule has 132 valence electrons. The molecular weight excluding hydrogens is 336 g/mol. The summed E-state index contributed by atoms with van der Waals surface area (Å²) in [7, 11) is 1.61. The molecule has 0 radical (unpaired) electrons. The van der Waals surface area contributed by atoms with Crippen LogP contribution < -0.4 is 10.3 Å². The van der Waals surface area contributed by atoms with Gasteiger partial charge in [-0.2, -0.15) is 0 Å². The van der Waals surface area contributed by atoms with E-state index in [9.17, 15) is 4.79 Å². The first-order valence-corrected chi connectivity index (χ1v) is 8.86. The number of hydrogen-bond donors (Lipinski definition) is 0. The van der Waals surface area contributed by atoms with Crippen LogP contribution in [0, 0.1) is 6.92 Å².